The lowest BCUT2D eigenvalue weighted by Crippen LogP contribution is -2.42. The first-order chi connectivity index (χ1) is 31.4. The molecule has 346 valence electrons. The van der Waals surface area contributed by atoms with Crippen LogP contribution in [0.25, 0.3) is 11.1 Å². The fraction of sp³-hybridized carbons (Fsp3) is 0.500. The summed E-state index contributed by atoms with van der Waals surface area (Å²) < 4.78 is 33.2. The van der Waals surface area contributed by atoms with E-state index in [1.54, 1.807) is 43.3 Å². The number of hydrogen-bond donors (Lipinski definition) is 3. The highest BCUT2D eigenvalue weighted by atomic mass is 32.1. The van der Waals surface area contributed by atoms with Gasteiger partial charge in [0.15, 0.2) is 10.9 Å². The van der Waals surface area contributed by atoms with Gasteiger partial charge in [0.1, 0.15) is 0 Å². The van der Waals surface area contributed by atoms with Crippen LogP contribution in [-0.2, 0) is 36.0 Å². The van der Waals surface area contributed by atoms with Gasteiger partial charge in [0.2, 0.25) is 11.8 Å². The number of anilines is 4. The Kier molecular flexibility index (Phi) is 14.6. The number of hydrogen-bond acceptors (Lipinski definition) is 10. The Morgan fingerprint density at radius 2 is 1.72 bits per heavy atom. The van der Waals surface area contributed by atoms with Gasteiger partial charge >= 0.3 is 0 Å². The van der Waals surface area contributed by atoms with Gasteiger partial charge in [-0.05, 0) is 99.4 Å². The maximum atomic E-state index is 14.7. The van der Waals surface area contributed by atoms with Crippen LogP contribution in [0, 0.1) is 13.8 Å². The van der Waals surface area contributed by atoms with Gasteiger partial charge in [-0.1, -0.05) is 19.3 Å². The lowest BCUT2D eigenvalue weighted by Gasteiger charge is -2.33. The monoisotopic (exact) mass is 909 g/mol. The number of piperidine rings is 1. The van der Waals surface area contributed by atoms with E-state index >= 15 is 0 Å². The quantitative estimate of drug-likeness (QED) is 0.0785. The van der Waals surface area contributed by atoms with Gasteiger partial charge in [0.05, 0.1) is 25.3 Å². The van der Waals surface area contributed by atoms with Crippen molar-refractivity contribution in [3.05, 3.63) is 87.3 Å². The summed E-state index contributed by atoms with van der Waals surface area (Å²) in [7, 11) is 1.78. The van der Waals surface area contributed by atoms with E-state index in [1.165, 1.54) is 11.3 Å². The predicted molar refractivity (Wildman–Crippen MR) is 251 cm³/mol. The van der Waals surface area contributed by atoms with Crippen LogP contribution >= 0.6 is 11.3 Å². The molecule has 0 radical (unpaired) electrons. The SMILES string of the molecule is CC(=O)N1CCc2c(c(N3CCCc4cc(-c5cnn(C)c5)c(C(F)F)cc43)nn2C2CCN(CC(=O)NCCCCCCCNc3ccc(C(=O)Nc4ncc(C)s4)c(C)c3)CC2)C1. The number of halogens is 2. The van der Waals surface area contributed by atoms with Crippen LogP contribution in [0.3, 0.4) is 0 Å². The summed E-state index contributed by atoms with van der Waals surface area (Å²) in [5, 5.41) is 19.6. The first kappa shape index (κ1) is 45.9. The van der Waals surface area contributed by atoms with Crippen LogP contribution in [0.15, 0.2) is 48.9 Å². The fourth-order valence-electron chi connectivity index (χ4n) is 9.50. The van der Waals surface area contributed by atoms with Crippen LogP contribution in [0.2, 0.25) is 0 Å². The number of fused-ring (bicyclic) bond motifs is 2. The van der Waals surface area contributed by atoms with Gasteiger partial charge in [-0.2, -0.15) is 10.2 Å². The maximum Gasteiger partial charge on any atom is 0.264 e. The molecule has 2 aromatic carbocycles. The number of nitrogens with zero attached hydrogens (tertiary/aromatic N) is 8. The molecule has 65 heavy (non-hydrogen) atoms. The number of alkyl halides is 2. The average molecular weight is 910 g/mol. The number of nitrogens with one attached hydrogen (secondary N) is 3. The maximum absolute atomic E-state index is 14.7. The standard InChI is InChI=1S/C48H61F2N11O3S/c1-31-23-36(12-13-38(31)47(64)55-48-53-26-32(2)65-48)51-17-8-6-5-7-9-18-52-44(63)30-58-20-14-37(15-21-58)61-42-16-22-59(33(3)62)29-41(42)46(56-61)60-19-10-11-34-24-39(35-27-54-57(4)28-35)40(45(49)50)25-43(34)60/h12-13,23-28,37,45,51H,5-11,14-22,29-30H2,1-4H3,(H,52,63)(H,53,55,64). The molecule has 6 heterocycles. The van der Waals surface area contributed by atoms with Crippen LogP contribution < -0.4 is 20.9 Å². The van der Waals surface area contributed by atoms with E-state index in [2.05, 4.69) is 40.5 Å². The molecule has 3 amide bonds. The van der Waals surface area contributed by atoms with Crippen molar-refractivity contribution in [1.82, 2.24) is 39.7 Å². The zero-order chi connectivity index (χ0) is 45.6. The van der Waals surface area contributed by atoms with Crippen molar-refractivity contribution in [3.8, 4) is 11.1 Å². The molecule has 1 fully saturated rings. The molecule has 3 aliphatic heterocycles. The van der Waals surface area contributed by atoms with Crippen molar-refractivity contribution in [3.63, 3.8) is 0 Å². The molecule has 0 atom stereocenters. The van der Waals surface area contributed by atoms with Crippen molar-refractivity contribution >= 4 is 51.4 Å². The van der Waals surface area contributed by atoms with Crippen molar-refractivity contribution in [2.45, 2.75) is 104 Å². The third-order valence-electron chi connectivity index (χ3n) is 13.0. The van der Waals surface area contributed by atoms with E-state index in [0.29, 0.717) is 61.0 Å². The summed E-state index contributed by atoms with van der Waals surface area (Å²) in [6.45, 7) is 10.6. The van der Waals surface area contributed by atoms with E-state index in [4.69, 9.17) is 5.10 Å². The molecule has 1 saturated heterocycles. The number of aromatic nitrogens is 5. The van der Waals surface area contributed by atoms with Crippen molar-refractivity contribution < 1.29 is 23.2 Å². The number of unbranched alkanes of at least 4 members (excludes halogenated alkanes) is 4. The van der Waals surface area contributed by atoms with Crippen LogP contribution in [0.1, 0.15) is 114 Å². The average Bonchev–Trinajstić information content (AvgIpc) is 4.02. The van der Waals surface area contributed by atoms with Crippen molar-refractivity contribution in [2.75, 3.05) is 61.3 Å². The second-order valence-corrected chi connectivity index (χ2v) is 19.0. The van der Waals surface area contributed by atoms with Gasteiger partial charge < -0.3 is 20.4 Å². The summed E-state index contributed by atoms with van der Waals surface area (Å²) in [6.07, 6.45) is 11.7. The smallest absolute Gasteiger partial charge is 0.264 e. The minimum atomic E-state index is -2.67. The number of aryl methyl sites for hydroxylation is 4. The Labute approximate surface area is 383 Å². The van der Waals surface area contributed by atoms with E-state index in [0.717, 1.165) is 122 Å². The van der Waals surface area contributed by atoms with Crippen LogP contribution in [0.5, 0.6) is 0 Å². The molecule has 3 aliphatic rings. The zero-order valence-corrected chi connectivity index (χ0v) is 38.8. The molecule has 5 aromatic rings. The summed E-state index contributed by atoms with van der Waals surface area (Å²) in [6, 6.07) is 9.48. The van der Waals surface area contributed by atoms with E-state index < -0.39 is 6.43 Å². The number of carbonyl (C=O) groups excluding carboxylic acids is 3. The number of benzene rings is 2. The minimum Gasteiger partial charge on any atom is -0.385 e. The second kappa shape index (κ2) is 20.7. The third kappa shape index (κ3) is 10.9. The highest BCUT2D eigenvalue weighted by Crippen LogP contribution is 2.44. The summed E-state index contributed by atoms with van der Waals surface area (Å²) >= 11 is 1.46. The van der Waals surface area contributed by atoms with Crippen molar-refractivity contribution in [1.29, 1.82) is 0 Å². The highest BCUT2D eigenvalue weighted by molar-refractivity contribution is 7.15. The molecule has 0 saturated carbocycles. The Morgan fingerprint density at radius 3 is 2.43 bits per heavy atom. The molecule has 0 spiro atoms. The minimum absolute atomic E-state index is 0.00643. The number of thiazole rings is 1. The van der Waals surface area contributed by atoms with Crippen LogP contribution in [0.4, 0.5) is 31.1 Å². The van der Waals surface area contributed by atoms with Gasteiger partial charge in [-0.15, -0.1) is 11.3 Å². The molecule has 14 nitrogen and oxygen atoms in total. The topological polar surface area (TPSA) is 146 Å². The van der Waals surface area contributed by atoms with Gasteiger partial charge in [0.25, 0.3) is 12.3 Å². The molecule has 0 bridgehead atoms. The number of amides is 3. The summed E-state index contributed by atoms with van der Waals surface area (Å²) in [5.41, 5.74) is 7.55. The molecule has 3 aromatic heterocycles. The molecular formula is C48H61F2N11O3S. The third-order valence-corrected chi connectivity index (χ3v) is 13.8. The van der Waals surface area contributed by atoms with Gasteiger partial charge in [-0.25, -0.2) is 13.8 Å². The van der Waals surface area contributed by atoms with Gasteiger partial charge in [0, 0.05) is 116 Å². The fourth-order valence-corrected chi connectivity index (χ4v) is 10.2. The Balaban J connectivity index is 0.788. The first-order valence-electron chi connectivity index (χ1n) is 23.1. The summed E-state index contributed by atoms with van der Waals surface area (Å²) in [4.78, 5) is 49.7. The zero-order valence-electron chi connectivity index (χ0n) is 38.0. The van der Waals surface area contributed by atoms with Crippen molar-refractivity contribution in [2.24, 2.45) is 7.05 Å². The molecule has 0 unspecified atom stereocenters. The molecule has 3 N–H and O–H groups in total. The number of likely N-dealkylation sites (tertiary alicyclic amines) is 1. The van der Waals surface area contributed by atoms with E-state index in [-0.39, 0.29) is 29.3 Å². The summed E-state index contributed by atoms with van der Waals surface area (Å²) in [5.74, 6) is 0.654. The molecular weight excluding hydrogens is 849 g/mol. The molecule has 17 heteroatoms. The normalized spacial score (nSPS) is 15.6. The number of rotatable bonds is 17. The Bertz CT molecular complexity index is 2490. The lowest BCUT2D eigenvalue weighted by molar-refractivity contribution is -0.129. The van der Waals surface area contributed by atoms with E-state index in [1.807, 2.05) is 43.0 Å². The van der Waals surface area contributed by atoms with Crippen LogP contribution in [-0.4, -0.2) is 97.9 Å². The Hall–Kier alpha value is -5.68. The predicted octanol–water partition coefficient (Wildman–Crippen LogP) is 8.35. The van der Waals surface area contributed by atoms with E-state index in [9.17, 15) is 23.2 Å². The molecule has 8 rings (SSSR count). The first-order valence-corrected chi connectivity index (χ1v) is 23.9. The van der Waals surface area contributed by atoms with Gasteiger partial charge in [-0.3, -0.25) is 34.0 Å². The number of carbonyl (C=O) groups is 3. The second-order valence-electron chi connectivity index (χ2n) is 17.7. The largest absolute Gasteiger partial charge is 0.385 e. The Morgan fingerprint density at radius 1 is 0.938 bits per heavy atom. The lowest BCUT2D eigenvalue weighted by atomic mass is 9.92. The highest BCUT2D eigenvalue weighted by Gasteiger charge is 2.35. The molecule has 0 aliphatic carbocycles.